The van der Waals surface area contributed by atoms with Crippen molar-refractivity contribution in [3.8, 4) is 0 Å². The van der Waals surface area contributed by atoms with Crippen LogP contribution >= 0.6 is 0 Å². The minimum atomic E-state index is -0.344. The van der Waals surface area contributed by atoms with Gasteiger partial charge in [0.1, 0.15) is 0 Å². The first kappa shape index (κ1) is 16.8. The number of hydrogen-bond donors (Lipinski definition) is 1. The van der Waals surface area contributed by atoms with Gasteiger partial charge in [0.05, 0.1) is 6.04 Å². The third-order valence-corrected chi connectivity index (χ3v) is 5.48. The van der Waals surface area contributed by atoms with Crippen LogP contribution in [0.3, 0.4) is 0 Å². The van der Waals surface area contributed by atoms with Crippen LogP contribution in [0.5, 0.6) is 0 Å². The van der Waals surface area contributed by atoms with E-state index in [0.29, 0.717) is 25.9 Å². The molecule has 0 aromatic heterocycles. The molecule has 4 rings (SSSR count). The van der Waals surface area contributed by atoms with E-state index in [-0.39, 0.29) is 17.9 Å². The summed E-state index contributed by atoms with van der Waals surface area (Å²) in [6.45, 7) is 1.94. The van der Waals surface area contributed by atoms with Gasteiger partial charge in [-0.05, 0) is 35.6 Å². The van der Waals surface area contributed by atoms with Crippen LogP contribution < -0.4 is 10.6 Å². The van der Waals surface area contributed by atoms with Gasteiger partial charge in [0.2, 0.25) is 11.8 Å². The van der Waals surface area contributed by atoms with Gasteiger partial charge < -0.3 is 10.6 Å². The Hall–Kier alpha value is -2.66. The second-order valence-corrected chi connectivity index (χ2v) is 7.04. The van der Waals surface area contributed by atoms with Gasteiger partial charge in [-0.25, -0.2) is 0 Å². The largest absolute Gasteiger partial charge is 0.368 e. The smallest absolute Gasteiger partial charge is 0.235 e. The molecule has 5 heteroatoms. The van der Waals surface area contributed by atoms with Crippen molar-refractivity contribution in [2.24, 2.45) is 5.73 Å². The van der Waals surface area contributed by atoms with Gasteiger partial charge in [-0.3, -0.25) is 14.5 Å². The highest BCUT2D eigenvalue weighted by Crippen LogP contribution is 2.28. The Morgan fingerprint density at radius 3 is 2.46 bits per heavy atom. The molecule has 2 aliphatic rings. The fourth-order valence-corrected chi connectivity index (χ4v) is 4.06. The first-order chi connectivity index (χ1) is 12.6. The number of nitrogens with zero attached hydrogens (tertiary/aromatic N) is 2. The van der Waals surface area contributed by atoms with Crippen LogP contribution in [0.25, 0.3) is 0 Å². The van der Waals surface area contributed by atoms with Gasteiger partial charge in [0.25, 0.3) is 0 Å². The Balaban J connectivity index is 1.45. The van der Waals surface area contributed by atoms with E-state index in [1.807, 2.05) is 40.1 Å². The molecule has 5 nitrogen and oxygen atoms in total. The third kappa shape index (κ3) is 3.10. The van der Waals surface area contributed by atoms with E-state index in [1.165, 1.54) is 16.7 Å². The summed E-state index contributed by atoms with van der Waals surface area (Å²) in [6, 6.07) is 15.8. The summed E-state index contributed by atoms with van der Waals surface area (Å²) < 4.78 is 0. The zero-order valence-corrected chi connectivity index (χ0v) is 14.7. The van der Waals surface area contributed by atoms with Crippen molar-refractivity contribution in [1.82, 2.24) is 4.90 Å². The number of para-hydroxylation sites is 1. The van der Waals surface area contributed by atoms with Crippen LogP contribution in [0.1, 0.15) is 23.1 Å². The molecule has 0 fully saturated rings. The number of amides is 2. The summed E-state index contributed by atoms with van der Waals surface area (Å²) in [4.78, 5) is 28.6. The molecule has 2 aliphatic heterocycles. The number of hydrogen-bond acceptors (Lipinski definition) is 3. The van der Waals surface area contributed by atoms with Crippen molar-refractivity contribution < 1.29 is 9.59 Å². The molecule has 0 radical (unpaired) electrons. The molecule has 1 unspecified atom stereocenters. The zero-order valence-electron chi connectivity index (χ0n) is 14.7. The maximum Gasteiger partial charge on any atom is 0.235 e. The fourth-order valence-electron chi connectivity index (χ4n) is 4.06. The molecule has 0 bridgehead atoms. The predicted molar refractivity (Wildman–Crippen MR) is 101 cm³/mol. The quantitative estimate of drug-likeness (QED) is 0.916. The number of anilines is 1. The van der Waals surface area contributed by atoms with Gasteiger partial charge >= 0.3 is 0 Å². The molecular formula is C21H23N3O2. The number of benzene rings is 2. The summed E-state index contributed by atoms with van der Waals surface area (Å²) in [6.07, 6.45) is 1.91. The fraction of sp³-hybridized carbons (Fsp3) is 0.333. The maximum absolute atomic E-state index is 12.8. The lowest BCUT2D eigenvalue weighted by molar-refractivity contribution is -0.125. The van der Waals surface area contributed by atoms with Crippen molar-refractivity contribution in [3.63, 3.8) is 0 Å². The maximum atomic E-state index is 12.8. The van der Waals surface area contributed by atoms with Gasteiger partial charge in [0.15, 0.2) is 0 Å². The molecule has 0 spiro atoms. The lowest BCUT2D eigenvalue weighted by Crippen LogP contribution is -2.49. The van der Waals surface area contributed by atoms with Crippen molar-refractivity contribution in [1.29, 1.82) is 0 Å². The lowest BCUT2D eigenvalue weighted by atomic mass is 9.93. The standard InChI is InChI=1S/C21H23N3O2/c22-21(26)19-13-16-6-1-2-7-17(16)14-23(19)11-10-20(25)24-12-9-15-5-3-4-8-18(15)24/h1-8,19H,9-14H2,(H2,22,26). The minimum Gasteiger partial charge on any atom is -0.368 e. The SMILES string of the molecule is NC(=O)C1Cc2ccccc2CN1CCC(=O)N1CCc2ccccc21. The third-order valence-electron chi connectivity index (χ3n) is 5.48. The van der Waals surface area contributed by atoms with E-state index in [4.69, 9.17) is 5.73 Å². The number of fused-ring (bicyclic) bond motifs is 2. The van der Waals surface area contributed by atoms with Crippen molar-refractivity contribution in [3.05, 3.63) is 65.2 Å². The molecule has 2 N–H and O–H groups in total. The Morgan fingerprint density at radius 1 is 1.00 bits per heavy atom. The van der Waals surface area contributed by atoms with Gasteiger partial charge in [-0.2, -0.15) is 0 Å². The number of carbonyl (C=O) groups excluding carboxylic acids is 2. The van der Waals surface area contributed by atoms with Crippen molar-refractivity contribution in [2.75, 3.05) is 18.0 Å². The summed E-state index contributed by atoms with van der Waals surface area (Å²) in [5, 5.41) is 0. The first-order valence-corrected chi connectivity index (χ1v) is 9.12. The molecule has 2 aromatic carbocycles. The Kier molecular flexibility index (Phi) is 4.47. The number of carbonyl (C=O) groups is 2. The summed E-state index contributed by atoms with van der Waals surface area (Å²) in [7, 11) is 0. The van der Waals surface area contributed by atoms with Crippen LogP contribution in [-0.4, -0.2) is 35.8 Å². The summed E-state index contributed by atoms with van der Waals surface area (Å²) in [5.41, 5.74) is 10.3. The molecule has 2 aromatic rings. The van der Waals surface area contributed by atoms with E-state index in [0.717, 1.165) is 18.7 Å². The lowest BCUT2D eigenvalue weighted by Gasteiger charge is -2.35. The average Bonchev–Trinajstić information content (AvgIpc) is 3.09. The highest BCUT2D eigenvalue weighted by Gasteiger charge is 2.31. The van der Waals surface area contributed by atoms with Crippen molar-refractivity contribution in [2.45, 2.75) is 31.8 Å². The molecule has 0 aliphatic carbocycles. The number of rotatable bonds is 4. The highest BCUT2D eigenvalue weighted by atomic mass is 16.2. The Morgan fingerprint density at radius 2 is 1.69 bits per heavy atom. The summed E-state index contributed by atoms with van der Waals surface area (Å²) >= 11 is 0. The molecule has 134 valence electrons. The summed E-state index contributed by atoms with van der Waals surface area (Å²) in [5.74, 6) is -0.213. The monoisotopic (exact) mass is 349 g/mol. The molecular weight excluding hydrogens is 326 g/mol. The van der Waals surface area contributed by atoms with E-state index in [1.54, 1.807) is 0 Å². The van der Waals surface area contributed by atoms with E-state index >= 15 is 0 Å². The second-order valence-electron chi connectivity index (χ2n) is 7.04. The van der Waals surface area contributed by atoms with Crippen molar-refractivity contribution >= 4 is 17.5 Å². The molecule has 26 heavy (non-hydrogen) atoms. The molecule has 2 heterocycles. The van der Waals surface area contributed by atoms with E-state index in [2.05, 4.69) is 18.2 Å². The van der Waals surface area contributed by atoms with E-state index < -0.39 is 0 Å². The van der Waals surface area contributed by atoms with Crippen LogP contribution in [0.15, 0.2) is 48.5 Å². The van der Waals surface area contributed by atoms with Gasteiger partial charge in [-0.15, -0.1) is 0 Å². The van der Waals surface area contributed by atoms with E-state index in [9.17, 15) is 9.59 Å². The normalized spacial score (nSPS) is 19.1. The Labute approximate surface area is 153 Å². The highest BCUT2D eigenvalue weighted by molar-refractivity contribution is 5.95. The Bertz CT molecular complexity index is 849. The van der Waals surface area contributed by atoms with Gasteiger partial charge in [-0.1, -0.05) is 42.5 Å². The molecule has 2 amide bonds. The second kappa shape index (κ2) is 6.92. The van der Waals surface area contributed by atoms with Gasteiger partial charge in [0, 0.05) is 31.7 Å². The zero-order chi connectivity index (χ0) is 18.1. The first-order valence-electron chi connectivity index (χ1n) is 9.12. The van der Waals surface area contributed by atoms with Crippen LogP contribution in [-0.2, 0) is 29.0 Å². The van der Waals surface area contributed by atoms with Crippen LogP contribution in [0, 0.1) is 0 Å². The minimum absolute atomic E-state index is 0.108. The molecule has 0 saturated carbocycles. The molecule has 0 saturated heterocycles. The molecule has 1 atom stereocenters. The average molecular weight is 349 g/mol. The van der Waals surface area contributed by atoms with Crippen LogP contribution in [0.4, 0.5) is 5.69 Å². The number of nitrogens with two attached hydrogens (primary N) is 1. The topological polar surface area (TPSA) is 66.6 Å². The predicted octanol–water partition coefficient (Wildman–Crippen LogP) is 1.88. The number of primary amides is 1. The van der Waals surface area contributed by atoms with Crippen LogP contribution in [0.2, 0.25) is 0 Å².